The first-order valence-corrected chi connectivity index (χ1v) is 5.55. The maximum atomic E-state index is 13.6. The van der Waals surface area contributed by atoms with Gasteiger partial charge in [-0.05, 0) is 23.4 Å². The first-order valence-electron chi connectivity index (χ1n) is 5.55. The van der Waals surface area contributed by atoms with E-state index in [4.69, 9.17) is 5.11 Å². The van der Waals surface area contributed by atoms with Crippen molar-refractivity contribution in [2.24, 2.45) is 7.05 Å². The zero-order valence-corrected chi connectivity index (χ0v) is 10.5. The lowest BCUT2D eigenvalue weighted by Gasteiger charge is -2.03. The predicted octanol–water partition coefficient (Wildman–Crippen LogP) is -0.0547. The molecular weight excluding hydrogens is 265 g/mol. The number of hydrogen-bond donors (Lipinski definition) is 2. The van der Waals surface area contributed by atoms with Crippen molar-refractivity contribution in [3.8, 4) is 11.8 Å². The van der Waals surface area contributed by atoms with Gasteiger partial charge in [0.25, 0.3) is 11.9 Å². The molecule has 0 radical (unpaired) electrons. The summed E-state index contributed by atoms with van der Waals surface area (Å²) < 4.78 is 13.6. The first kappa shape index (κ1) is 13.6. The molecule has 0 aliphatic carbocycles. The molecule has 0 saturated heterocycles. The maximum Gasteiger partial charge on any atom is 0.270 e. The number of carbonyl (C=O) groups excluding carboxylic acids is 1. The zero-order chi connectivity index (χ0) is 14.5. The Bertz CT molecular complexity index is 701. The summed E-state index contributed by atoms with van der Waals surface area (Å²) in [6.45, 7) is -0.317. The number of anilines is 1. The van der Waals surface area contributed by atoms with Crippen LogP contribution in [-0.4, -0.2) is 37.8 Å². The summed E-state index contributed by atoms with van der Waals surface area (Å²) in [6.07, 6.45) is 0. The minimum absolute atomic E-state index is 0.0243. The number of aryl methyl sites for hydroxylation is 1. The highest BCUT2D eigenvalue weighted by molar-refractivity contribution is 6.03. The molecule has 0 spiro atoms. The monoisotopic (exact) mass is 275 g/mol. The van der Waals surface area contributed by atoms with Crippen LogP contribution in [0.25, 0.3) is 0 Å². The molecule has 0 fully saturated rings. The lowest BCUT2D eigenvalue weighted by Crippen LogP contribution is -2.15. The topological polar surface area (TPSA) is 92.9 Å². The number of aromatic nitrogens is 4. The quantitative estimate of drug-likeness (QED) is 0.749. The van der Waals surface area contributed by atoms with Gasteiger partial charge in [-0.25, -0.2) is 4.39 Å². The van der Waals surface area contributed by atoms with Crippen molar-refractivity contribution in [2.75, 3.05) is 11.9 Å². The maximum absolute atomic E-state index is 13.6. The zero-order valence-electron chi connectivity index (χ0n) is 10.5. The van der Waals surface area contributed by atoms with Crippen LogP contribution < -0.4 is 5.32 Å². The first-order chi connectivity index (χ1) is 9.60. The fourth-order valence-electron chi connectivity index (χ4n) is 1.42. The van der Waals surface area contributed by atoms with Crippen molar-refractivity contribution >= 4 is 11.9 Å². The minimum Gasteiger partial charge on any atom is -0.384 e. The van der Waals surface area contributed by atoms with Crippen LogP contribution >= 0.6 is 0 Å². The second-order valence-corrected chi connectivity index (χ2v) is 3.71. The van der Waals surface area contributed by atoms with E-state index in [9.17, 15) is 9.18 Å². The number of hydrogen-bond acceptors (Lipinski definition) is 5. The van der Waals surface area contributed by atoms with E-state index in [1.54, 1.807) is 0 Å². The number of benzene rings is 1. The van der Waals surface area contributed by atoms with Crippen molar-refractivity contribution in [1.82, 2.24) is 20.2 Å². The summed E-state index contributed by atoms with van der Waals surface area (Å²) in [4.78, 5) is 13.1. The minimum atomic E-state index is -0.705. The Morgan fingerprint density at radius 2 is 2.35 bits per heavy atom. The Morgan fingerprint density at radius 1 is 1.55 bits per heavy atom. The average molecular weight is 275 g/mol. The molecule has 0 saturated carbocycles. The largest absolute Gasteiger partial charge is 0.384 e. The Balaban J connectivity index is 2.24. The van der Waals surface area contributed by atoms with Crippen LogP contribution in [0, 0.1) is 17.7 Å². The van der Waals surface area contributed by atoms with E-state index in [0.29, 0.717) is 5.56 Å². The summed E-state index contributed by atoms with van der Waals surface area (Å²) in [5.41, 5.74) is 0.222. The van der Waals surface area contributed by atoms with Crippen LogP contribution in [0.1, 0.15) is 15.9 Å². The third kappa shape index (κ3) is 3.15. The van der Waals surface area contributed by atoms with Gasteiger partial charge in [0.1, 0.15) is 12.4 Å². The van der Waals surface area contributed by atoms with Crippen LogP contribution in [0.4, 0.5) is 10.3 Å². The number of aliphatic hydroxyl groups excluding tert-OH is 1. The Morgan fingerprint density at radius 3 is 3.00 bits per heavy atom. The standard InChI is InChI=1S/C12H10FN5O2/c1-18-16-12(15-17-18)14-11(20)9-7-8(3-2-6-19)4-5-10(9)13/h4-5,7,19H,6H2,1H3,(H,14,16,20). The van der Waals surface area contributed by atoms with Crippen molar-refractivity contribution in [3.63, 3.8) is 0 Å². The second kappa shape index (κ2) is 5.90. The molecule has 2 aromatic rings. The summed E-state index contributed by atoms with van der Waals surface area (Å²) in [5.74, 6) is 3.58. The van der Waals surface area contributed by atoms with Crippen LogP contribution in [0.15, 0.2) is 18.2 Å². The molecule has 20 heavy (non-hydrogen) atoms. The molecule has 1 amide bonds. The lowest BCUT2D eigenvalue weighted by molar-refractivity contribution is 0.102. The average Bonchev–Trinajstić information content (AvgIpc) is 2.83. The number of carbonyl (C=O) groups is 1. The molecule has 1 aromatic carbocycles. The van der Waals surface area contributed by atoms with E-state index >= 15 is 0 Å². The van der Waals surface area contributed by atoms with Gasteiger partial charge in [-0.2, -0.15) is 4.80 Å². The van der Waals surface area contributed by atoms with E-state index in [-0.39, 0.29) is 18.1 Å². The molecular formula is C12H10FN5O2. The Hall–Kier alpha value is -2.79. The number of nitrogens with one attached hydrogen (secondary N) is 1. The molecule has 1 aromatic heterocycles. The van der Waals surface area contributed by atoms with Gasteiger partial charge in [0, 0.05) is 5.56 Å². The van der Waals surface area contributed by atoms with Gasteiger partial charge in [0.2, 0.25) is 0 Å². The van der Waals surface area contributed by atoms with Crippen LogP contribution in [0.2, 0.25) is 0 Å². The van der Waals surface area contributed by atoms with Crippen LogP contribution in [0.3, 0.4) is 0 Å². The highest BCUT2D eigenvalue weighted by Gasteiger charge is 2.14. The fourth-order valence-corrected chi connectivity index (χ4v) is 1.42. The van der Waals surface area contributed by atoms with Gasteiger partial charge in [-0.15, -0.1) is 5.10 Å². The number of aliphatic hydroxyl groups is 1. The van der Waals surface area contributed by atoms with Crippen molar-refractivity contribution in [1.29, 1.82) is 0 Å². The number of nitrogens with zero attached hydrogens (tertiary/aromatic N) is 4. The molecule has 102 valence electrons. The normalized spacial score (nSPS) is 9.75. The molecule has 2 N–H and O–H groups in total. The van der Waals surface area contributed by atoms with Gasteiger partial charge in [0.15, 0.2) is 0 Å². The van der Waals surface area contributed by atoms with Crippen molar-refractivity contribution in [2.45, 2.75) is 0 Å². The van der Waals surface area contributed by atoms with E-state index in [2.05, 4.69) is 32.6 Å². The third-order valence-corrected chi connectivity index (χ3v) is 2.26. The van der Waals surface area contributed by atoms with Crippen LogP contribution in [0.5, 0.6) is 0 Å². The molecule has 8 heteroatoms. The number of halogens is 1. The number of tetrazole rings is 1. The summed E-state index contributed by atoms with van der Waals surface area (Å²) in [7, 11) is 1.54. The molecule has 2 rings (SSSR count). The second-order valence-electron chi connectivity index (χ2n) is 3.71. The highest BCUT2D eigenvalue weighted by Crippen LogP contribution is 2.11. The number of rotatable bonds is 2. The highest BCUT2D eigenvalue weighted by atomic mass is 19.1. The van der Waals surface area contributed by atoms with Gasteiger partial charge < -0.3 is 5.11 Å². The third-order valence-electron chi connectivity index (χ3n) is 2.26. The lowest BCUT2D eigenvalue weighted by atomic mass is 10.1. The molecule has 1 heterocycles. The summed E-state index contributed by atoms with van der Waals surface area (Å²) in [5, 5.41) is 21.8. The summed E-state index contributed by atoms with van der Waals surface area (Å²) >= 11 is 0. The van der Waals surface area contributed by atoms with Gasteiger partial charge in [-0.1, -0.05) is 16.9 Å². The van der Waals surface area contributed by atoms with Gasteiger partial charge >= 0.3 is 0 Å². The van der Waals surface area contributed by atoms with E-state index in [1.807, 2.05) is 0 Å². The summed E-state index contributed by atoms with van der Waals surface area (Å²) in [6, 6.07) is 3.82. The molecule has 0 unspecified atom stereocenters. The predicted molar refractivity (Wildman–Crippen MR) is 67.1 cm³/mol. The fraction of sp³-hybridized carbons (Fsp3) is 0.167. The Labute approximate surface area is 113 Å². The van der Waals surface area contributed by atoms with Gasteiger partial charge in [-0.3, -0.25) is 10.1 Å². The Kier molecular flexibility index (Phi) is 4.02. The molecule has 0 bridgehead atoms. The molecule has 7 nitrogen and oxygen atoms in total. The SMILES string of the molecule is Cn1nnc(NC(=O)c2cc(C#CCO)ccc2F)n1. The molecule has 0 aliphatic rings. The van der Waals surface area contributed by atoms with E-state index in [1.165, 1.54) is 19.2 Å². The van der Waals surface area contributed by atoms with Gasteiger partial charge in [0.05, 0.1) is 12.6 Å². The van der Waals surface area contributed by atoms with Crippen LogP contribution in [-0.2, 0) is 7.05 Å². The van der Waals surface area contributed by atoms with Crippen molar-refractivity contribution < 1.29 is 14.3 Å². The number of amides is 1. The molecule has 0 atom stereocenters. The smallest absolute Gasteiger partial charge is 0.270 e. The molecule has 0 aliphatic heterocycles. The van der Waals surface area contributed by atoms with E-state index < -0.39 is 11.7 Å². The van der Waals surface area contributed by atoms with Crippen molar-refractivity contribution in [3.05, 3.63) is 35.1 Å². The van der Waals surface area contributed by atoms with E-state index in [0.717, 1.165) is 10.9 Å².